The van der Waals surface area contributed by atoms with Gasteiger partial charge in [-0.3, -0.25) is 14.8 Å². The Morgan fingerprint density at radius 3 is 2.86 bits per heavy atom. The molecule has 1 aliphatic carbocycles. The monoisotopic (exact) mass is 184 g/mol. The molecular formula is C11H8N2O. The van der Waals surface area contributed by atoms with Crippen LogP contribution < -0.4 is 0 Å². The predicted octanol–water partition coefficient (Wildman–Crippen LogP) is 1.76. The van der Waals surface area contributed by atoms with Gasteiger partial charge in [-0.05, 0) is 24.1 Å². The molecule has 0 spiro atoms. The number of fused-ring (bicyclic) bond motifs is 3. The van der Waals surface area contributed by atoms with E-state index in [1.807, 2.05) is 12.1 Å². The minimum absolute atomic E-state index is 0.229. The van der Waals surface area contributed by atoms with E-state index in [1.165, 1.54) is 0 Å². The Balaban J connectivity index is 2.44. The highest BCUT2D eigenvalue weighted by molar-refractivity contribution is 6.04. The van der Waals surface area contributed by atoms with Gasteiger partial charge in [0.15, 0.2) is 5.78 Å². The second kappa shape index (κ2) is 2.61. The van der Waals surface area contributed by atoms with E-state index in [1.54, 1.807) is 12.4 Å². The van der Waals surface area contributed by atoms with E-state index in [4.69, 9.17) is 0 Å². The van der Waals surface area contributed by atoms with E-state index in [2.05, 4.69) is 9.97 Å². The Morgan fingerprint density at radius 2 is 1.93 bits per heavy atom. The number of hydrogen-bond acceptors (Lipinski definition) is 3. The molecule has 0 saturated heterocycles. The molecule has 0 atom stereocenters. The van der Waals surface area contributed by atoms with Crippen molar-refractivity contribution in [2.24, 2.45) is 0 Å². The smallest absolute Gasteiger partial charge is 0.163 e. The van der Waals surface area contributed by atoms with Crippen LogP contribution in [0.5, 0.6) is 0 Å². The first kappa shape index (κ1) is 7.62. The minimum Gasteiger partial charge on any atom is -0.294 e. The maximum absolute atomic E-state index is 11.5. The van der Waals surface area contributed by atoms with Crippen molar-refractivity contribution in [2.45, 2.75) is 12.8 Å². The Bertz CT molecular complexity index is 534. The van der Waals surface area contributed by atoms with Crippen LogP contribution in [0.4, 0.5) is 0 Å². The van der Waals surface area contributed by atoms with E-state index < -0.39 is 0 Å². The van der Waals surface area contributed by atoms with Crippen molar-refractivity contribution in [3.8, 4) is 0 Å². The Hall–Kier alpha value is -1.77. The Morgan fingerprint density at radius 1 is 1.07 bits per heavy atom. The first-order valence-corrected chi connectivity index (χ1v) is 4.62. The van der Waals surface area contributed by atoms with Crippen molar-refractivity contribution in [1.29, 1.82) is 0 Å². The highest BCUT2D eigenvalue weighted by atomic mass is 16.1. The molecule has 1 heterocycles. The number of carbonyl (C=O) groups is 1. The van der Waals surface area contributed by atoms with Gasteiger partial charge in [0.2, 0.25) is 0 Å². The number of nitrogens with zero attached hydrogens (tertiary/aromatic N) is 2. The highest BCUT2D eigenvalue weighted by Gasteiger charge is 2.21. The molecule has 0 amide bonds. The molecule has 1 aliphatic rings. The topological polar surface area (TPSA) is 42.9 Å². The van der Waals surface area contributed by atoms with Crippen LogP contribution in [0.2, 0.25) is 0 Å². The second-order valence-electron chi connectivity index (χ2n) is 3.44. The Kier molecular flexibility index (Phi) is 1.42. The molecule has 1 aromatic heterocycles. The number of carbonyl (C=O) groups excluding carboxylic acids is 1. The van der Waals surface area contributed by atoms with Crippen LogP contribution in [0.15, 0.2) is 24.5 Å². The van der Waals surface area contributed by atoms with E-state index >= 15 is 0 Å². The van der Waals surface area contributed by atoms with E-state index in [9.17, 15) is 4.79 Å². The molecule has 0 bridgehead atoms. The average molecular weight is 184 g/mol. The van der Waals surface area contributed by atoms with Crippen LogP contribution in [0.3, 0.4) is 0 Å². The number of rotatable bonds is 0. The summed E-state index contributed by atoms with van der Waals surface area (Å²) in [7, 11) is 0. The summed E-state index contributed by atoms with van der Waals surface area (Å²) in [6.45, 7) is 0. The van der Waals surface area contributed by atoms with Gasteiger partial charge in [-0.15, -0.1) is 0 Å². The van der Waals surface area contributed by atoms with Crippen LogP contribution in [-0.4, -0.2) is 15.8 Å². The molecule has 0 aliphatic heterocycles. The van der Waals surface area contributed by atoms with Crippen molar-refractivity contribution in [2.75, 3.05) is 0 Å². The molecule has 0 N–H and O–H groups in total. The molecular weight excluding hydrogens is 176 g/mol. The van der Waals surface area contributed by atoms with Crippen LogP contribution in [0.1, 0.15) is 22.3 Å². The van der Waals surface area contributed by atoms with Gasteiger partial charge in [-0.1, -0.05) is 0 Å². The third-order valence-electron chi connectivity index (χ3n) is 2.65. The number of hydrogen-bond donors (Lipinski definition) is 0. The molecule has 1 aromatic carbocycles. The van der Waals surface area contributed by atoms with E-state index in [0.717, 1.165) is 28.6 Å². The van der Waals surface area contributed by atoms with E-state index in [-0.39, 0.29) is 5.78 Å². The molecule has 0 radical (unpaired) electrons. The predicted molar refractivity (Wildman–Crippen MR) is 52.2 cm³/mol. The summed E-state index contributed by atoms with van der Waals surface area (Å²) in [6, 6.07) is 3.73. The summed E-state index contributed by atoms with van der Waals surface area (Å²) < 4.78 is 0. The van der Waals surface area contributed by atoms with Crippen molar-refractivity contribution >= 4 is 16.8 Å². The largest absolute Gasteiger partial charge is 0.294 e. The summed E-state index contributed by atoms with van der Waals surface area (Å²) in [6.07, 6.45) is 4.77. The molecule has 0 saturated carbocycles. The van der Waals surface area contributed by atoms with Crippen LogP contribution in [-0.2, 0) is 6.42 Å². The van der Waals surface area contributed by atoms with Crippen molar-refractivity contribution in [1.82, 2.24) is 9.97 Å². The standard InChI is InChI=1S/C11H8N2O/c14-10-4-2-8-7(10)1-3-9-11(8)13-6-5-12-9/h1,3,5-6H,2,4H2. The fourth-order valence-corrected chi connectivity index (χ4v) is 1.98. The molecule has 0 unspecified atom stereocenters. The first-order chi connectivity index (χ1) is 6.86. The maximum Gasteiger partial charge on any atom is 0.163 e. The van der Waals surface area contributed by atoms with Gasteiger partial charge in [0.05, 0.1) is 11.0 Å². The van der Waals surface area contributed by atoms with Crippen LogP contribution in [0.25, 0.3) is 11.0 Å². The van der Waals surface area contributed by atoms with Gasteiger partial charge in [0.25, 0.3) is 0 Å². The van der Waals surface area contributed by atoms with Crippen molar-refractivity contribution in [3.05, 3.63) is 35.7 Å². The summed E-state index contributed by atoms with van der Waals surface area (Å²) in [5, 5.41) is 0. The first-order valence-electron chi connectivity index (χ1n) is 4.62. The van der Waals surface area contributed by atoms with Crippen molar-refractivity contribution in [3.63, 3.8) is 0 Å². The van der Waals surface area contributed by atoms with Gasteiger partial charge >= 0.3 is 0 Å². The second-order valence-corrected chi connectivity index (χ2v) is 3.44. The van der Waals surface area contributed by atoms with Crippen LogP contribution in [0, 0.1) is 0 Å². The zero-order valence-electron chi connectivity index (χ0n) is 7.53. The number of ketones is 1. The zero-order valence-corrected chi connectivity index (χ0v) is 7.53. The maximum atomic E-state index is 11.5. The SMILES string of the molecule is O=C1CCc2c1ccc1nccnc21. The summed E-state index contributed by atoms with van der Waals surface area (Å²) in [5.74, 6) is 0.229. The van der Waals surface area contributed by atoms with Gasteiger partial charge in [-0.25, -0.2) is 0 Å². The molecule has 68 valence electrons. The summed E-state index contributed by atoms with van der Waals surface area (Å²) in [4.78, 5) is 19.9. The average Bonchev–Trinajstić information content (AvgIpc) is 2.61. The normalized spacial score (nSPS) is 14.7. The third kappa shape index (κ3) is 0.894. The Labute approximate surface area is 80.8 Å². The molecule has 3 rings (SSSR count). The van der Waals surface area contributed by atoms with Gasteiger partial charge in [-0.2, -0.15) is 0 Å². The molecule has 2 aromatic rings. The fraction of sp³-hybridized carbons (Fsp3) is 0.182. The lowest BCUT2D eigenvalue weighted by Crippen LogP contribution is -1.93. The number of aromatic nitrogens is 2. The lowest BCUT2D eigenvalue weighted by atomic mass is 10.1. The summed E-state index contributed by atoms with van der Waals surface area (Å²) in [5.41, 5.74) is 3.66. The lowest BCUT2D eigenvalue weighted by molar-refractivity contribution is 0.0994. The van der Waals surface area contributed by atoms with Gasteiger partial charge in [0.1, 0.15) is 0 Å². The lowest BCUT2D eigenvalue weighted by Gasteiger charge is -2.01. The number of benzene rings is 1. The van der Waals surface area contributed by atoms with Gasteiger partial charge in [0, 0.05) is 24.4 Å². The zero-order chi connectivity index (χ0) is 9.54. The van der Waals surface area contributed by atoms with Gasteiger partial charge < -0.3 is 0 Å². The molecule has 14 heavy (non-hydrogen) atoms. The quantitative estimate of drug-likeness (QED) is 0.626. The third-order valence-corrected chi connectivity index (χ3v) is 2.65. The highest BCUT2D eigenvalue weighted by Crippen LogP contribution is 2.27. The van der Waals surface area contributed by atoms with Crippen molar-refractivity contribution < 1.29 is 4.79 Å². The molecule has 3 nitrogen and oxygen atoms in total. The summed E-state index contributed by atoms with van der Waals surface area (Å²) >= 11 is 0. The van der Waals surface area contributed by atoms with E-state index in [0.29, 0.717) is 6.42 Å². The fourth-order valence-electron chi connectivity index (χ4n) is 1.98. The molecule has 3 heteroatoms. The minimum atomic E-state index is 0.229. The van der Waals surface area contributed by atoms with Crippen LogP contribution >= 0.6 is 0 Å². The number of aryl methyl sites for hydroxylation is 1. The number of Topliss-reactive ketones (excluding diaryl/α,β-unsaturated/α-hetero) is 1. The molecule has 0 fully saturated rings.